The molecule has 0 fully saturated rings. The number of amides is 2. The number of hydrogen-bond acceptors (Lipinski definition) is 4. The van der Waals surface area contributed by atoms with Crippen molar-refractivity contribution in [1.82, 2.24) is 4.98 Å². The molecule has 0 radical (unpaired) electrons. The second-order valence-corrected chi connectivity index (χ2v) is 6.73. The van der Waals surface area contributed by atoms with Crippen LogP contribution in [0.25, 0.3) is 21.8 Å². The summed E-state index contributed by atoms with van der Waals surface area (Å²) >= 11 is 0. The number of hydrogen-bond donors (Lipinski definition) is 0. The monoisotopic (exact) mass is 368 g/mol. The summed E-state index contributed by atoms with van der Waals surface area (Å²) in [6, 6.07) is 20.3. The van der Waals surface area contributed by atoms with E-state index in [1.54, 1.807) is 13.2 Å². The number of carbonyl (C=O) groups excluding carboxylic acids is 2. The summed E-state index contributed by atoms with van der Waals surface area (Å²) in [4.78, 5) is 32.4. The van der Waals surface area contributed by atoms with Gasteiger partial charge in [0.2, 0.25) is 5.91 Å². The molecular formula is C23H16N2O3. The third-order valence-electron chi connectivity index (χ3n) is 5.13. The number of aromatic nitrogens is 1. The zero-order chi connectivity index (χ0) is 19.3. The molecule has 1 aliphatic heterocycles. The Morgan fingerprint density at radius 2 is 1.64 bits per heavy atom. The van der Waals surface area contributed by atoms with Crippen molar-refractivity contribution in [2.45, 2.75) is 6.42 Å². The molecule has 0 spiro atoms. The van der Waals surface area contributed by atoms with Crippen molar-refractivity contribution in [1.29, 1.82) is 0 Å². The minimum absolute atomic E-state index is 0.191. The van der Waals surface area contributed by atoms with E-state index in [2.05, 4.69) is 0 Å². The van der Waals surface area contributed by atoms with Gasteiger partial charge >= 0.3 is 0 Å². The highest BCUT2D eigenvalue weighted by atomic mass is 16.5. The summed E-state index contributed by atoms with van der Waals surface area (Å²) in [5.74, 6) is 0.125. The summed E-state index contributed by atoms with van der Waals surface area (Å²) in [7, 11) is 1.59. The van der Waals surface area contributed by atoms with Crippen LogP contribution in [0.2, 0.25) is 0 Å². The first kappa shape index (κ1) is 16.4. The van der Waals surface area contributed by atoms with Gasteiger partial charge in [-0.25, -0.2) is 9.88 Å². The summed E-state index contributed by atoms with van der Waals surface area (Å²) < 4.78 is 5.32. The van der Waals surface area contributed by atoms with E-state index >= 15 is 0 Å². The molecule has 0 bridgehead atoms. The fourth-order valence-electron chi connectivity index (χ4n) is 3.80. The van der Waals surface area contributed by atoms with Gasteiger partial charge in [-0.15, -0.1) is 0 Å². The van der Waals surface area contributed by atoms with Gasteiger partial charge in [-0.2, -0.15) is 0 Å². The quantitative estimate of drug-likeness (QED) is 0.394. The van der Waals surface area contributed by atoms with Crippen LogP contribution in [-0.4, -0.2) is 23.9 Å². The number of imide groups is 1. The topological polar surface area (TPSA) is 59.5 Å². The first-order valence-corrected chi connectivity index (χ1v) is 8.99. The zero-order valence-corrected chi connectivity index (χ0v) is 15.2. The number of methoxy groups -OCH3 is 1. The molecule has 136 valence electrons. The molecule has 5 heteroatoms. The highest BCUT2D eigenvalue weighted by molar-refractivity contribution is 6.30. The Balaban J connectivity index is 1.84. The van der Waals surface area contributed by atoms with Crippen LogP contribution in [0.5, 0.6) is 5.75 Å². The summed E-state index contributed by atoms with van der Waals surface area (Å²) in [5.41, 5.74) is 3.29. The lowest BCUT2D eigenvalue weighted by atomic mass is 9.96. The summed E-state index contributed by atoms with van der Waals surface area (Å²) in [6.07, 6.45) is 0.191. The van der Waals surface area contributed by atoms with Crippen molar-refractivity contribution in [3.63, 3.8) is 0 Å². The third kappa shape index (κ3) is 2.36. The maximum absolute atomic E-state index is 13.3. The van der Waals surface area contributed by atoms with Crippen LogP contribution in [0.4, 0.5) is 5.69 Å². The molecule has 2 amide bonds. The van der Waals surface area contributed by atoms with E-state index in [1.165, 1.54) is 4.90 Å². The number of rotatable bonds is 2. The van der Waals surface area contributed by atoms with Gasteiger partial charge in [0.15, 0.2) is 0 Å². The number of pyridine rings is 1. The van der Waals surface area contributed by atoms with Gasteiger partial charge in [-0.05, 0) is 29.8 Å². The molecule has 5 nitrogen and oxygen atoms in total. The number of benzene rings is 3. The molecule has 0 saturated carbocycles. The smallest absolute Gasteiger partial charge is 0.265 e. The Labute approximate surface area is 161 Å². The molecule has 28 heavy (non-hydrogen) atoms. The van der Waals surface area contributed by atoms with Crippen LogP contribution in [-0.2, 0) is 11.2 Å². The SMILES string of the molecule is COc1ccc2c(N3C(=O)Cc4ccccc4C3=O)c3ccccc3nc2c1. The number of ether oxygens (including phenoxy) is 1. The molecule has 3 aromatic carbocycles. The molecular weight excluding hydrogens is 352 g/mol. The van der Waals surface area contributed by atoms with Crippen molar-refractivity contribution >= 4 is 39.3 Å². The second-order valence-electron chi connectivity index (χ2n) is 6.73. The standard InChI is InChI=1S/C23H16N2O3/c1-28-15-10-11-18-20(13-15)24-19-9-5-4-8-17(19)22(18)25-21(26)12-14-6-2-3-7-16(14)23(25)27/h2-11,13H,12H2,1H3. The Hall–Kier alpha value is -3.73. The van der Waals surface area contributed by atoms with Crippen LogP contribution in [0, 0.1) is 0 Å². The van der Waals surface area contributed by atoms with Crippen LogP contribution in [0.1, 0.15) is 15.9 Å². The van der Waals surface area contributed by atoms with Crippen LogP contribution in [0.3, 0.4) is 0 Å². The fourth-order valence-corrected chi connectivity index (χ4v) is 3.80. The first-order valence-electron chi connectivity index (χ1n) is 8.99. The largest absolute Gasteiger partial charge is 0.497 e. The Bertz CT molecular complexity index is 1280. The minimum Gasteiger partial charge on any atom is -0.497 e. The lowest BCUT2D eigenvalue weighted by molar-refractivity contribution is -0.117. The van der Waals surface area contributed by atoms with Gasteiger partial charge in [0.1, 0.15) is 5.75 Å². The molecule has 0 N–H and O–H groups in total. The zero-order valence-electron chi connectivity index (χ0n) is 15.2. The average molecular weight is 368 g/mol. The number of carbonyl (C=O) groups is 2. The number of anilines is 1. The normalized spacial score (nSPS) is 13.8. The molecule has 4 aromatic rings. The van der Waals surface area contributed by atoms with E-state index in [9.17, 15) is 9.59 Å². The van der Waals surface area contributed by atoms with Crippen LogP contribution >= 0.6 is 0 Å². The lowest BCUT2D eigenvalue weighted by Gasteiger charge is -2.28. The van der Waals surface area contributed by atoms with E-state index < -0.39 is 0 Å². The van der Waals surface area contributed by atoms with E-state index in [0.717, 1.165) is 21.9 Å². The molecule has 2 heterocycles. The Morgan fingerprint density at radius 3 is 2.50 bits per heavy atom. The van der Waals surface area contributed by atoms with E-state index in [1.807, 2.05) is 60.7 Å². The van der Waals surface area contributed by atoms with Crippen molar-refractivity contribution in [3.8, 4) is 5.75 Å². The molecule has 0 saturated heterocycles. The molecule has 0 atom stereocenters. The number of nitrogens with zero attached hydrogens (tertiary/aromatic N) is 2. The number of fused-ring (bicyclic) bond motifs is 3. The molecule has 1 aliphatic rings. The summed E-state index contributed by atoms with van der Waals surface area (Å²) in [6.45, 7) is 0. The molecule has 5 rings (SSSR count). The highest BCUT2D eigenvalue weighted by Crippen LogP contribution is 2.37. The Morgan fingerprint density at radius 1 is 0.893 bits per heavy atom. The van der Waals surface area contributed by atoms with Gasteiger partial charge in [0, 0.05) is 22.4 Å². The predicted octanol–water partition coefficient (Wildman–Crippen LogP) is 4.13. The summed E-state index contributed by atoms with van der Waals surface area (Å²) in [5, 5.41) is 1.50. The van der Waals surface area contributed by atoms with Crippen molar-refractivity contribution in [3.05, 3.63) is 77.9 Å². The lowest BCUT2D eigenvalue weighted by Crippen LogP contribution is -2.42. The number of para-hydroxylation sites is 1. The van der Waals surface area contributed by atoms with Gasteiger partial charge < -0.3 is 4.74 Å². The van der Waals surface area contributed by atoms with Gasteiger partial charge in [-0.3, -0.25) is 9.59 Å². The van der Waals surface area contributed by atoms with E-state index in [-0.39, 0.29) is 18.2 Å². The fraction of sp³-hybridized carbons (Fsp3) is 0.0870. The first-order chi connectivity index (χ1) is 13.7. The maximum atomic E-state index is 13.3. The molecule has 0 aliphatic carbocycles. The third-order valence-corrected chi connectivity index (χ3v) is 5.13. The highest BCUT2D eigenvalue weighted by Gasteiger charge is 2.34. The van der Waals surface area contributed by atoms with Crippen molar-refractivity contribution in [2.75, 3.05) is 12.0 Å². The van der Waals surface area contributed by atoms with Crippen molar-refractivity contribution < 1.29 is 14.3 Å². The van der Waals surface area contributed by atoms with Gasteiger partial charge in [0.05, 0.1) is 30.3 Å². The predicted molar refractivity (Wildman–Crippen MR) is 108 cm³/mol. The van der Waals surface area contributed by atoms with Crippen LogP contribution < -0.4 is 9.64 Å². The van der Waals surface area contributed by atoms with Gasteiger partial charge in [-0.1, -0.05) is 36.4 Å². The van der Waals surface area contributed by atoms with Gasteiger partial charge in [0.25, 0.3) is 5.91 Å². The van der Waals surface area contributed by atoms with E-state index in [4.69, 9.17) is 9.72 Å². The average Bonchev–Trinajstić information content (AvgIpc) is 2.72. The Kier molecular flexibility index (Phi) is 3.62. The van der Waals surface area contributed by atoms with Crippen molar-refractivity contribution in [2.24, 2.45) is 0 Å². The van der Waals surface area contributed by atoms with Crippen LogP contribution in [0.15, 0.2) is 66.7 Å². The second kappa shape index (κ2) is 6.16. The molecule has 1 aromatic heterocycles. The maximum Gasteiger partial charge on any atom is 0.265 e. The minimum atomic E-state index is -0.305. The molecule has 0 unspecified atom stereocenters. The van der Waals surface area contributed by atoms with E-state index in [0.29, 0.717) is 22.5 Å².